The highest BCUT2D eigenvalue weighted by atomic mass is 16.4. The van der Waals surface area contributed by atoms with Gasteiger partial charge in [0.25, 0.3) is 0 Å². The van der Waals surface area contributed by atoms with Gasteiger partial charge in [0, 0.05) is 6.42 Å². The third-order valence-electron chi connectivity index (χ3n) is 6.73. The molecule has 2 saturated carbocycles. The van der Waals surface area contributed by atoms with Crippen LogP contribution in [0, 0.1) is 29.1 Å². The highest BCUT2D eigenvalue weighted by Crippen LogP contribution is 2.45. The molecule has 0 aromatic carbocycles. The van der Waals surface area contributed by atoms with E-state index in [2.05, 4.69) is 27.7 Å². The molecule has 0 radical (unpaired) electrons. The van der Waals surface area contributed by atoms with E-state index in [4.69, 9.17) is 10.2 Å². The van der Waals surface area contributed by atoms with E-state index in [9.17, 15) is 9.59 Å². The van der Waals surface area contributed by atoms with E-state index in [1.165, 1.54) is 32.1 Å². The van der Waals surface area contributed by atoms with Gasteiger partial charge in [0.2, 0.25) is 0 Å². The molecule has 0 spiro atoms. The van der Waals surface area contributed by atoms with E-state index in [0.29, 0.717) is 23.7 Å². The van der Waals surface area contributed by atoms with Gasteiger partial charge in [0.15, 0.2) is 0 Å². The summed E-state index contributed by atoms with van der Waals surface area (Å²) < 4.78 is 0. The molecule has 2 rings (SSSR count). The molecule has 2 N–H and O–H groups in total. The molecular formula is C22H40O4. The van der Waals surface area contributed by atoms with Gasteiger partial charge in [-0.25, -0.2) is 0 Å². The van der Waals surface area contributed by atoms with Gasteiger partial charge in [0.05, 0.1) is 5.92 Å². The van der Waals surface area contributed by atoms with E-state index < -0.39 is 11.9 Å². The van der Waals surface area contributed by atoms with Crippen molar-refractivity contribution >= 4 is 11.9 Å². The van der Waals surface area contributed by atoms with Gasteiger partial charge in [-0.3, -0.25) is 9.59 Å². The number of rotatable bonds is 6. The van der Waals surface area contributed by atoms with Gasteiger partial charge in [0.1, 0.15) is 0 Å². The smallest absolute Gasteiger partial charge is 0.306 e. The Bertz CT molecular complexity index is 435. The zero-order chi connectivity index (χ0) is 19.7. The van der Waals surface area contributed by atoms with Crippen LogP contribution in [-0.4, -0.2) is 22.2 Å². The van der Waals surface area contributed by atoms with Crippen LogP contribution >= 0.6 is 0 Å². The van der Waals surface area contributed by atoms with Crippen molar-refractivity contribution in [2.24, 2.45) is 29.1 Å². The fourth-order valence-electron chi connectivity index (χ4n) is 5.10. The predicted molar refractivity (Wildman–Crippen MR) is 105 cm³/mol. The molecule has 0 heterocycles. The molecule has 0 amide bonds. The highest BCUT2D eigenvalue weighted by Gasteiger charge is 2.36. The first-order chi connectivity index (χ1) is 12.2. The molecular weight excluding hydrogens is 328 g/mol. The zero-order valence-corrected chi connectivity index (χ0v) is 17.3. The summed E-state index contributed by atoms with van der Waals surface area (Å²) in [6, 6.07) is 0. The van der Waals surface area contributed by atoms with Gasteiger partial charge >= 0.3 is 11.9 Å². The standard InChI is InChI=1S/C12H22O2.C10H18O2/c1-9-5-4-8-12(2,3)10(9)6-7-11(13)14;1-2-3-8-4-6-9(7-5-8)10(11)12/h9-10H,4-8H2,1-3H3,(H,13,14);8-9H,2-7H2,1H3,(H,11,12). The molecule has 2 fully saturated rings. The number of carboxylic acid groups (broad SMARTS) is 2. The van der Waals surface area contributed by atoms with E-state index in [1.807, 2.05) is 0 Å². The molecule has 2 aliphatic carbocycles. The minimum atomic E-state index is -0.654. The quantitative estimate of drug-likeness (QED) is 0.603. The van der Waals surface area contributed by atoms with Gasteiger partial charge in [-0.1, -0.05) is 53.4 Å². The minimum Gasteiger partial charge on any atom is -0.481 e. The monoisotopic (exact) mass is 368 g/mol. The SMILES string of the molecule is CC1CCCC(C)(C)C1CCC(=O)O.CCCC1CCC(C(=O)O)CC1. The third kappa shape index (κ3) is 7.67. The number of carbonyl (C=O) groups is 2. The van der Waals surface area contributed by atoms with Crippen LogP contribution in [0.5, 0.6) is 0 Å². The van der Waals surface area contributed by atoms with E-state index in [-0.39, 0.29) is 5.92 Å². The van der Waals surface area contributed by atoms with Crippen molar-refractivity contribution in [3.05, 3.63) is 0 Å². The van der Waals surface area contributed by atoms with Crippen molar-refractivity contribution in [1.82, 2.24) is 0 Å². The number of hydrogen-bond acceptors (Lipinski definition) is 2. The lowest BCUT2D eigenvalue weighted by atomic mass is 9.63. The Kier molecular flexibility index (Phi) is 9.67. The lowest BCUT2D eigenvalue weighted by Crippen LogP contribution is -2.34. The van der Waals surface area contributed by atoms with E-state index in [0.717, 1.165) is 38.0 Å². The topological polar surface area (TPSA) is 74.6 Å². The molecule has 0 saturated heterocycles. The summed E-state index contributed by atoms with van der Waals surface area (Å²) >= 11 is 0. The molecule has 26 heavy (non-hydrogen) atoms. The van der Waals surface area contributed by atoms with Crippen LogP contribution in [0.2, 0.25) is 0 Å². The van der Waals surface area contributed by atoms with Crippen LogP contribution in [0.25, 0.3) is 0 Å². The molecule has 0 aromatic rings. The first kappa shape index (κ1) is 23.0. The van der Waals surface area contributed by atoms with Crippen molar-refractivity contribution < 1.29 is 19.8 Å². The van der Waals surface area contributed by atoms with Crippen molar-refractivity contribution in [1.29, 1.82) is 0 Å². The average molecular weight is 369 g/mol. The summed E-state index contributed by atoms with van der Waals surface area (Å²) in [5.74, 6) is 0.803. The fourth-order valence-corrected chi connectivity index (χ4v) is 5.10. The maximum atomic E-state index is 10.6. The van der Waals surface area contributed by atoms with E-state index in [1.54, 1.807) is 0 Å². The van der Waals surface area contributed by atoms with Crippen molar-refractivity contribution in [2.75, 3.05) is 0 Å². The largest absolute Gasteiger partial charge is 0.481 e. The van der Waals surface area contributed by atoms with Crippen molar-refractivity contribution in [2.45, 2.75) is 98.3 Å². The fraction of sp³-hybridized carbons (Fsp3) is 0.909. The Hall–Kier alpha value is -1.06. The highest BCUT2D eigenvalue weighted by molar-refractivity contribution is 5.70. The summed E-state index contributed by atoms with van der Waals surface area (Å²) in [6.07, 6.45) is 11.6. The van der Waals surface area contributed by atoms with Crippen LogP contribution in [0.1, 0.15) is 98.3 Å². The lowest BCUT2D eigenvalue weighted by molar-refractivity contribution is -0.143. The third-order valence-corrected chi connectivity index (χ3v) is 6.73. The molecule has 2 atom stereocenters. The second-order valence-electron chi connectivity index (χ2n) is 9.24. The molecule has 4 nitrogen and oxygen atoms in total. The molecule has 0 aliphatic heterocycles. The van der Waals surface area contributed by atoms with Crippen LogP contribution in [0.3, 0.4) is 0 Å². The molecule has 2 aliphatic rings. The Labute approximate surface area is 159 Å². The van der Waals surface area contributed by atoms with Crippen LogP contribution in [0.4, 0.5) is 0 Å². The van der Waals surface area contributed by atoms with Gasteiger partial charge in [-0.05, 0) is 61.7 Å². The molecule has 152 valence electrons. The summed E-state index contributed by atoms with van der Waals surface area (Å²) in [7, 11) is 0. The Morgan fingerprint density at radius 2 is 1.62 bits per heavy atom. The van der Waals surface area contributed by atoms with Crippen molar-refractivity contribution in [3.8, 4) is 0 Å². The normalized spacial score (nSPS) is 30.8. The summed E-state index contributed by atoms with van der Waals surface area (Å²) in [6.45, 7) is 9.04. The zero-order valence-electron chi connectivity index (χ0n) is 17.3. The number of hydrogen-bond donors (Lipinski definition) is 2. The van der Waals surface area contributed by atoms with Crippen LogP contribution < -0.4 is 0 Å². The molecule has 0 aromatic heterocycles. The Morgan fingerprint density at radius 3 is 2.08 bits per heavy atom. The second-order valence-corrected chi connectivity index (χ2v) is 9.24. The summed E-state index contributed by atoms with van der Waals surface area (Å²) in [5, 5.41) is 17.5. The summed E-state index contributed by atoms with van der Waals surface area (Å²) in [5.41, 5.74) is 0.340. The van der Waals surface area contributed by atoms with Gasteiger partial charge in [-0.2, -0.15) is 0 Å². The average Bonchev–Trinajstić information content (AvgIpc) is 2.55. The van der Waals surface area contributed by atoms with Crippen LogP contribution in [-0.2, 0) is 9.59 Å². The first-order valence-electron chi connectivity index (χ1n) is 10.6. The van der Waals surface area contributed by atoms with E-state index >= 15 is 0 Å². The first-order valence-corrected chi connectivity index (χ1v) is 10.6. The van der Waals surface area contributed by atoms with Gasteiger partial charge < -0.3 is 10.2 Å². The number of carboxylic acids is 2. The maximum Gasteiger partial charge on any atom is 0.306 e. The molecule has 4 heteroatoms. The lowest BCUT2D eigenvalue weighted by Gasteiger charge is -2.43. The Balaban J connectivity index is 0.000000263. The van der Waals surface area contributed by atoms with Crippen molar-refractivity contribution in [3.63, 3.8) is 0 Å². The van der Waals surface area contributed by atoms with Crippen LogP contribution in [0.15, 0.2) is 0 Å². The Morgan fingerprint density at radius 1 is 1.00 bits per heavy atom. The predicted octanol–water partition coefficient (Wildman–Crippen LogP) is 5.99. The molecule has 0 bridgehead atoms. The maximum absolute atomic E-state index is 10.6. The van der Waals surface area contributed by atoms with Gasteiger partial charge in [-0.15, -0.1) is 0 Å². The molecule has 2 unspecified atom stereocenters. The minimum absolute atomic E-state index is 0.0434. The summed E-state index contributed by atoms with van der Waals surface area (Å²) in [4.78, 5) is 21.2. The number of aliphatic carboxylic acids is 2. The second kappa shape index (κ2) is 10.9.